The molecule has 2 N–H and O–H groups in total. The first kappa shape index (κ1) is 11.4. The van der Waals surface area contributed by atoms with E-state index < -0.39 is 9.84 Å². The molecule has 0 amide bonds. The molecule has 90 valence electrons. The second-order valence-corrected chi connectivity index (χ2v) is 6.33. The smallest absolute Gasteiger partial charge is 0.152 e. The summed E-state index contributed by atoms with van der Waals surface area (Å²) < 4.78 is 24.2. The summed E-state index contributed by atoms with van der Waals surface area (Å²) in [6.45, 7) is 2.81. The number of hydrogen-bond donors (Lipinski definition) is 1. The van der Waals surface area contributed by atoms with Crippen LogP contribution in [0.25, 0.3) is 0 Å². The summed E-state index contributed by atoms with van der Waals surface area (Å²) >= 11 is 0. The van der Waals surface area contributed by atoms with Gasteiger partial charge in [-0.15, -0.1) is 0 Å². The van der Waals surface area contributed by atoms with Crippen molar-refractivity contribution in [2.45, 2.75) is 6.54 Å². The fraction of sp³-hybridized carbons (Fsp3) is 0.667. The van der Waals surface area contributed by atoms with Crippen molar-refractivity contribution in [3.05, 3.63) is 12.4 Å². The molecule has 0 radical (unpaired) electrons. The molecule has 1 aliphatic rings. The van der Waals surface area contributed by atoms with Crippen LogP contribution in [0.1, 0.15) is 0 Å². The van der Waals surface area contributed by atoms with E-state index in [0.717, 1.165) is 13.1 Å². The Morgan fingerprint density at radius 1 is 1.31 bits per heavy atom. The third kappa shape index (κ3) is 2.96. The van der Waals surface area contributed by atoms with E-state index in [9.17, 15) is 8.42 Å². The lowest BCUT2D eigenvalue weighted by molar-refractivity contribution is 0.278. The molecule has 2 heterocycles. The van der Waals surface area contributed by atoms with Crippen LogP contribution in [-0.4, -0.2) is 54.2 Å². The molecule has 2 rings (SSSR count). The average Bonchev–Trinajstić information content (AvgIpc) is 2.63. The second-order valence-electron chi connectivity index (χ2n) is 4.03. The van der Waals surface area contributed by atoms with Gasteiger partial charge in [0, 0.05) is 25.8 Å². The van der Waals surface area contributed by atoms with Gasteiger partial charge in [0.1, 0.15) is 0 Å². The predicted molar refractivity (Wildman–Crippen MR) is 61.7 cm³/mol. The lowest BCUT2D eigenvalue weighted by atomic mass is 10.4. The van der Waals surface area contributed by atoms with Gasteiger partial charge in [0.2, 0.25) is 0 Å². The van der Waals surface area contributed by atoms with Crippen LogP contribution in [-0.2, 0) is 16.4 Å². The van der Waals surface area contributed by atoms with Crippen molar-refractivity contribution in [2.24, 2.45) is 0 Å². The maximum atomic E-state index is 11.2. The summed E-state index contributed by atoms with van der Waals surface area (Å²) in [6, 6.07) is 0. The second kappa shape index (κ2) is 4.42. The normalized spacial score (nSPS) is 21.0. The molecule has 1 aromatic heterocycles. The van der Waals surface area contributed by atoms with Crippen LogP contribution >= 0.6 is 0 Å². The standard InChI is InChI=1S/C9H16N4O2S/c10-9-7-11-13(8-9)2-1-12-3-5-16(14,15)6-4-12/h7-8H,1-6,10H2. The number of anilines is 1. The van der Waals surface area contributed by atoms with Crippen molar-refractivity contribution in [3.63, 3.8) is 0 Å². The first-order chi connectivity index (χ1) is 7.55. The Morgan fingerprint density at radius 3 is 2.56 bits per heavy atom. The minimum atomic E-state index is -2.78. The Kier molecular flexibility index (Phi) is 3.15. The third-order valence-electron chi connectivity index (χ3n) is 2.74. The predicted octanol–water partition coefficient (Wildman–Crippen LogP) is -0.804. The number of rotatable bonds is 3. The molecule has 0 bridgehead atoms. The molecule has 16 heavy (non-hydrogen) atoms. The molecule has 0 aromatic carbocycles. The summed E-state index contributed by atoms with van der Waals surface area (Å²) in [7, 11) is -2.78. The highest BCUT2D eigenvalue weighted by molar-refractivity contribution is 7.91. The molecule has 0 unspecified atom stereocenters. The summed E-state index contributed by atoms with van der Waals surface area (Å²) in [6.07, 6.45) is 3.39. The molecular weight excluding hydrogens is 228 g/mol. The molecule has 0 spiro atoms. The molecule has 7 heteroatoms. The zero-order valence-electron chi connectivity index (χ0n) is 9.04. The quantitative estimate of drug-likeness (QED) is 0.752. The third-order valence-corrected chi connectivity index (χ3v) is 4.34. The molecule has 1 fully saturated rings. The van der Waals surface area contributed by atoms with Crippen molar-refractivity contribution < 1.29 is 8.42 Å². The van der Waals surface area contributed by atoms with E-state index in [1.165, 1.54) is 0 Å². The number of nitrogens with zero attached hydrogens (tertiary/aromatic N) is 3. The van der Waals surface area contributed by atoms with Crippen molar-refractivity contribution in [1.29, 1.82) is 0 Å². The zero-order valence-corrected chi connectivity index (χ0v) is 9.86. The van der Waals surface area contributed by atoms with E-state index in [4.69, 9.17) is 5.73 Å². The van der Waals surface area contributed by atoms with Gasteiger partial charge >= 0.3 is 0 Å². The van der Waals surface area contributed by atoms with E-state index in [1.807, 2.05) is 0 Å². The van der Waals surface area contributed by atoms with E-state index in [-0.39, 0.29) is 11.5 Å². The zero-order chi connectivity index (χ0) is 11.6. The van der Waals surface area contributed by atoms with Gasteiger partial charge in [0.05, 0.1) is 29.9 Å². The van der Waals surface area contributed by atoms with Gasteiger partial charge in [-0.05, 0) is 0 Å². The number of sulfone groups is 1. The highest BCUT2D eigenvalue weighted by Gasteiger charge is 2.20. The number of nitrogens with two attached hydrogens (primary N) is 1. The number of nitrogen functional groups attached to an aromatic ring is 1. The highest BCUT2D eigenvalue weighted by Crippen LogP contribution is 2.04. The van der Waals surface area contributed by atoms with Crippen molar-refractivity contribution in [2.75, 3.05) is 36.9 Å². The van der Waals surface area contributed by atoms with Crippen molar-refractivity contribution >= 4 is 15.5 Å². The molecular formula is C9H16N4O2S. The van der Waals surface area contributed by atoms with E-state index >= 15 is 0 Å². The molecule has 1 saturated heterocycles. The maximum absolute atomic E-state index is 11.2. The Morgan fingerprint density at radius 2 is 2.00 bits per heavy atom. The topological polar surface area (TPSA) is 81.2 Å². The molecule has 6 nitrogen and oxygen atoms in total. The molecule has 0 atom stereocenters. The summed E-state index contributed by atoms with van der Waals surface area (Å²) in [5.74, 6) is 0.544. The van der Waals surface area contributed by atoms with Gasteiger partial charge in [0.25, 0.3) is 0 Å². The summed E-state index contributed by atoms with van der Waals surface area (Å²) in [4.78, 5) is 2.14. The fourth-order valence-corrected chi connectivity index (χ4v) is 3.00. The van der Waals surface area contributed by atoms with E-state index in [1.54, 1.807) is 17.1 Å². The molecule has 0 aliphatic carbocycles. The number of hydrogen-bond acceptors (Lipinski definition) is 5. The van der Waals surface area contributed by atoms with E-state index in [0.29, 0.717) is 18.8 Å². The van der Waals surface area contributed by atoms with Gasteiger partial charge < -0.3 is 5.73 Å². The average molecular weight is 244 g/mol. The lowest BCUT2D eigenvalue weighted by Gasteiger charge is -2.26. The minimum Gasteiger partial charge on any atom is -0.396 e. The Hall–Kier alpha value is -1.08. The van der Waals surface area contributed by atoms with Gasteiger partial charge in [-0.3, -0.25) is 9.58 Å². The summed E-state index contributed by atoms with van der Waals surface area (Å²) in [5.41, 5.74) is 6.20. The van der Waals surface area contributed by atoms with Crippen LogP contribution in [0.4, 0.5) is 5.69 Å². The minimum absolute atomic E-state index is 0.272. The first-order valence-corrected chi connectivity index (χ1v) is 7.08. The fourth-order valence-electron chi connectivity index (χ4n) is 1.72. The highest BCUT2D eigenvalue weighted by atomic mass is 32.2. The van der Waals surface area contributed by atoms with Crippen LogP contribution in [0.5, 0.6) is 0 Å². The number of aromatic nitrogens is 2. The summed E-state index contributed by atoms with van der Waals surface area (Å²) in [5, 5.41) is 4.08. The largest absolute Gasteiger partial charge is 0.396 e. The Bertz CT molecular complexity index is 440. The van der Waals surface area contributed by atoms with Crippen LogP contribution in [0.15, 0.2) is 12.4 Å². The van der Waals surface area contributed by atoms with Crippen LogP contribution < -0.4 is 5.73 Å². The molecule has 0 saturated carbocycles. The Balaban J connectivity index is 1.80. The first-order valence-electron chi connectivity index (χ1n) is 5.26. The van der Waals surface area contributed by atoms with E-state index in [2.05, 4.69) is 10.00 Å². The SMILES string of the molecule is Nc1cnn(CCN2CCS(=O)(=O)CC2)c1. The van der Waals surface area contributed by atoms with Gasteiger partial charge in [-0.25, -0.2) is 8.42 Å². The van der Waals surface area contributed by atoms with Crippen LogP contribution in [0.3, 0.4) is 0 Å². The van der Waals surface area contributed by atoms with Crippen molar-refractivity contribution in [1.82, 2.24) is 14.7 Å². The van der Waals surface area contributed by atoms with Crippen LogP contribution in [0.2, 0.25) is 0 Å². The van der Waals surface area contributed by atoms with Gasteiger partial charge in [-0.2, -0.15) is 5.10 Å². The molecule has 1 aliphatic heterocycles. The van der Waals surface area contributed by atoms with Gasteiger partial charge in [-0.1, -0.05) is 0 Å². The monoisotopic (exact) mass is 244 g/mol. The Labute approximate surface area is 94.9 Å². The lowest BCUT2D eigenvalue weighted by Crippen LogP contribution is -2.41. The van der Waals surface area contributed by atoms with Gasteiger partial charge in [0.15, 0.2) is 9.84 Å². The van der Waals surface area contributed by atoms with Crippen molar-refractivity contribution in [3.8, 4) is 0 Å². The molecule has 1 aromatic rings. The van der Waals surface area contributed by atoms with Crippen LogP contribution in [0, 0.1) is 0 Å². The maximum Gasteiger partial charge on any atom is 0.152 e.